The minimum absolute atomic E-state index is 0.0237. The molecule has 1 N–H and O–H groups in total. The number of hydrogen-bond acceptors (Lipinski definition) is 7. The van der Waals surface area contributed by atoms with E-state index in [2.05, 4.69) is 15.9 Å². The zero-order chi connectivity index (χ0) is 25.2. The number of halogens is 1. The van der Waals surface area contributed by atoms with E-state index in [9.17, 15) is 19.5 Å². The van der Waals surface area contributed by atoms with Crippen molar-refractivity contribution in [3.05, 3.63) is 63.1 Å². The number of carbonyl (C=O) groups excluding carboxylic acids is 3. The number of aryl methyl sites for hydroxylation is 1. The van der Waals surface area contributed by atoms with Crippen LogP contribution in [0.15, 0.2) is 46.4 Å². The number of nitrogens with zero attached hydrogens (tertiary/aromatic N) is 2. The van der Waals surface area contributed by atoms with Crippen molar-refractivity contribution < 1.29 is 29.0 Å². The highest BCUT2D eigenvalue weighted by molar-refractivity contribution is 9.10. The minimum atomic E-state index is -0.871. The van der Waals surface area contributed by atoms with E-state index in [1.165, 1.54) is 18.9 Å². The number of likely N-dealkylation sites (tertiary alicyclic amines) is 1. The summed E-state index contributed by atoms with van der Waals surface area (Å²) < 4.78 is 11.4. The zero-order valence-electron chi connectivity index (χ0n) is 19.7. The number of aliphatic hydroxyl groups excluding tert-OH is 1. The Kier molecular flexibility index (Phi) is 7.78. The Bertz CT molecular complexity index is 1170. The van der Waals surface area contributed by atoms with Crippen LogP contribution in [0, 0.1) is 6.92 Å². The van der Waals surface area contributed by atoms with Crippen LogP contribution < -0.4 is 9.47 Å². The molecule has 1 amide bonds. The number of carbonyl (C=O) groups is 3. The lowest BCUT2D eigenvalue weighted by molar-refractivity contribution is -0.140. The summed E-state index contributed by atoms with van der Waals surface area (Å²) in [6.45, 7) is 3.90. The van der Waals surface area contributed by atoms with E-state index in [1.54, 1.807) is 36.4 Å². The molecule has 9 heteroatoms. The smallest absolute Gasteiger partial charge is 0.308 e. The van der Waals surface area contributed by atoms with Gasteiger partial charge in [0.2, 0.25) is 0 Å². The van der Waals surface area contributed by atoms with E-state index in [4.69, 9.17) is 9.47 Å². The third-order valence-electron chi connectivity index (χ3n) is 5.52. The van der Waals surface area contributed by atoms with Crippen molar-refractivity contribution in [3.63, 3.8) is 0 Å². The molecule has 2 aromatic carbocycles. The second-order valence-electron chi connectivity index (χ2n) is 8.26. The van der Waals surface area contributed by atoms with Crippen molar-refractivity contribution in [2.24, 2.45) is 0 Å². The summed E-state index contributed by atoms with van der Waals surface area (Å²) in [6, 6.07) is 9.16. The van der Waals surface area contributed by atoms with Gasteiger partial charge in [0.1, 0.15) is 5.76 Å². The maximum atomic E-state index is 13.2. The SMILES string of the molecule is COc1ccc(C2/C(=C(/O)c3ccc(Br)c(C)c3)C(=O)C(=O)N2CCN(C)C)cc1OC(C)=O. The molecule has 3 rings (SSSR count). The van der Waals surface area contributed by atoms with Crippen LogP contribution in [-0.4, -0.2) is 66.9 Å². The van der Waals surface area contributed by atoms with E-state index in [-0.39, 0.29) is 23.6 Å². The Morgan fingerprint density at radius 1 is 1.15 bits per heavy atom. The van der Waals surface area contributed by atoms with E-state index in [1.807, 2.05) is 25.9 Å². The number of ketones is 1. The molecule has 0 bridgehead atoms. The topological polar surface area (TPSA) is 96.4 Å². The van der Waals surface area contributed by atoms with Crippen molar-refractivity contribution in [3.8, 4) is 11.5 Å². The molecule has 1 fully saturated rings. The molecule has 0 aliphatic carbocycles. The van der Waals surface area contributed by atoms with Gasteiger partial charge in [0.25, 0.3) is 11.7 Å². The number of methoxy groups -OCH3 is 1. The first-order valence-electron chi connectivity index (χ1n) is 10.6. The predicted molar refractivity (Wildman–Crippen MR) is 131 cm³/mol. The molecule has 0 spiro atoms. The van der Waals surface area contributed by atoms with Crippen molar-refractivity contribution in [1.29, 1.82) is 0 Å². The average molecular weight is 531 g/mol. The van der Waals surface area contributed by atoms with Crippen molar-refractivity contribution in [2.75, 3.05) is 34.3 Å². The van der Waals surface area contributed by atoms with Crippen LogP contribution in [0.5, 0.6) is 11.5 Å². The molecule has 1 unspecified atom stereocenters. The Balaban J connectivity index is 2.21. The largest absolute Gasteiger partial charge is 0.507 e. The van der Waals surface area contributed by atoms with Crippen LogP contribution in [0.25, 0.3) is 5.76 Å². The second kappa shape index (κ2) is 10.4. The van der Waals surface area contributed by atoms with Gasteiger partial charge in [0.05, 0.1) is 18.7 Å². The molecule has 0 aromatic heterocycles. The lowest BCUT2D eigenvalue weighted by Gasteiger charge is -2.27. The first kappa shape index (κ1) is 25.5. The number of benzene rings is 2. The summed E-state index contributed by atoms with van der Waals surface area (Å²) in [6.07, 6.45) is 0. The minimum Gasteiger partial charge on any atom is -0.507 e. The van der Waals surface area contributed by atoms with Crippen LogP contribution in [0.2, 0.25) is 0 Å². The number of esters is 1. The molecular formula is C25H27BrN2O6. The number of likely N-dealkylation sites (N-methyl/N-ethyl adjacent to an activating group) is 1. The predicted octanol–water partition coefficient (Wildman–Crippen LogP) is 3.67. The second-order valence-corrected chi connectivity index (χ2v) is 9.12. The fourth-order valence-corrected chi connectivity index (χ4v) is 4.06. The van der Waals surface area contributed by atoms with Gasteiger partial charge < -0.3 is 24.4 Å². The molecule has 0 saturated carbocycles. The molecule has 8 nitrogen and oxygen atoms in total. The maximum absolute atomic E-state index is 13.2. The lowest BCUT2D eigenvalue weighted by Crippen LogP contribution is -2.35. The summed E-state index contributed by atoms with van der Waals surface area (Å²) in [4.78, 5) is 41.2. The summed E-state index contributed by atoms with van der Waals surface area (Å²) in [5.74, 6) is -1.80. The van der Waals surface area contributed by atoms with Crippen LogP contribution in [-0.2, 0) is 14.4 Å². The number of rotatable bonds is 7. The Morgan fingerprint density at radius 2 is 1.85 bits per heavy atom. The summed E-state index contributed by atoms with van der Waals surface area (Å²) >= 11 is 3.43. The molecular weight excluding hydrogens is 504 g/mol. The van der Waals surface area contributed by atoms with Gasteiger partial charge >= 0.3 is 5.97 Å². The standard InChI is InChI=1S/C25H27BrN2O6/c1-14-12-17(6-8-18(14)26)23(30)21-22(28(11-10-27(3)4)25(32)24(21)31)16-7-9-19(33-5)20(13-16)34-15(2)29/h6-9,12-13,22,30H,10-11H2,1-5H3/b23-21-. The number of aliphatic hydroxyl groups is 1. The highest BCUT2D eigenvalue weighted by Gasteiger charge is 2.46. The van der Waals surface area contributed by atoms with Gasteiger partial charge in [0.15, 0.2) is 11.5 Å². The maximum Gasteiger partial charge on any atom is 0.308 e. The third kappa shape index (κ3) is 5.15. The number of Topliss-reactive ketones (excluding diaryl/α,β-unsaturated/α-hetero) is 1. The van der Waals surface area contributed by atoms with Crippen LogP contribution in [0.4, 0.5) is 0 Å². The Morgan fingerprint density at radius 3 is 2.44 bits per heavy atom. The number of ether oxygens (including phenoxy) is 2. The molecule has 1 aliphatic rings. The van der Waals surface area contributed by atoms with Crippen molar-refractivity contribution in [1.82, 2.24) is 9.80 Å². The fourth-order valence-electron chi connectivity index (χ4n) is 3.81. The highest BCUT2D eigenvalue weighted by atomic mass is 79.9. The molecule has 180 valence electrons. The van der Waals surface area contributed by atoms with Crippen molar-refractivity contribution >= 4 is 39.3 Å². The van der Waals surface area contributed by atoms with Crippen molar-refractivity contribution in [2.45, 2.75) is 19.9 Å². The van der Waals surface area contributed by atoms with Gasteiger partial charge in [-0.3, -0.25) is 14.4 Å². The quantitative estimate of drug-likeness (QED) is 0.192. The molecule has 1 aliphatic heterocycles. The summed E-state index contributed by atoms with van der Waals surface area (Å²) in [7, 11) is 5.17. The van der Waals surface area contributed by atoms with Crippen LogP contribution in [0.3, 0.4) is 0 Å². The zero-order valence-corrected chi connectivity index (χ0v) is 21.3. The molecule has 0 radical (unpaired) electrons. The third-order valence-corrected chi connectivity index (χ3v) is 6.41. The Hall–Kier alpha value is -3.17. The van der Waals surface area contributed by atoms with E-state index < -0.39 is 23.7 Å². The van der Waals surface area contributed by atoms with Gasteiger partial charge in [0, 0.05) is 30.0 Å². The first-order valence-corrected chi connectivity index (χ1v) is 11.4. The average Bonchev–Trinajstić information content (AvgIpc) is 3.03. The lowest BCUT2D eigenvalue weighted by atomic mass is 9.94. The molecule has 1 heterocycles. The van der Waals surface area contributed by atoms with E-state index in [0.29, 0.717) is 23.4 Å². The number of amides is 1. The summed E-state index contributed by atoms with van der Waals surface area (Å²) in [5, 5.41) is 11.2. The van der Waals surface area contributed by atoms with Gasteiger partial charge in [-0.15, -0.1) is 0 Å². The molecule has 34 heavy (non-hydrogen) atoms. The van der Waals surface area contributed by atoms with Crippen LogP contribution >= 0.6 is 15.9 Å². The first-order chi connectivity index (χ1) is 16.0. The fraction of sp³-hybridized carbons (Fsp3) is 0.320. The van der Waals surface area contributed by atoms with Crippen LogP contribution in [0.1, 0.15) is 29.7 Å². The molecule has 1 atom stereocenters. The van der Waals surface area contributed by atoms with Gasteiger partial charge in [-0.05, 0) is 56.4 Å². The van der Waals surface area contributed by atoms with Gasteiger partial charge in [-0.1, -0.05) is 28.1 Å². The summed E-state index contributed by atoms with van der Waals surface area (Å²) in [5.41, 5.74) is 1.77. The Labute approximate surface area is 206 Å². The number of hydrogen-bond donors (Lipinski definition) is 1. The monoisotopic (exact) mass is 530 g/mol. The van der Waals surface area contributed by atoms with E-state index in [0.717, 1.165) is 10.0 Å². The molecule has 1 saturated heterocycles. The normalized spacial score (nSPS) is 17.4. The van der Waals surface area contributed by atoms with E-state index >= 15 is 0 Å². The van der Waals surface area contributed by atoms with Gasteiger partial charge in [-0.2, -0.15) is 0 Å². The molecule has 2 aromatic rings. The highest BCUT2D eigenvalue weighted by Crippen LogP contribution is 2.42. The van der Waals surface area contributed by atoms with Gasteiger partial charge in [-0.25, -0.2) is 0 Å².